The standard InChI is InChI=1S/C14H31N3O2S/c1-5-6-11-20(18,19)15-12-14(13(2)3)17-9-7-16(4)8-10-17/h13-15H,5-12H2,1-4H3. The Bertz CT molecular complexity index is 363. The number of hydrogen-bond acceptors (Lipinski definition) is 4. The second kappa shape index (κ2) is 8.32. The molecule has 1 atom stereocenters. The fourth-order valence-electron chi connectivity index (χ4n) is 2.56. The minimum Gasteiger partial charge on any atom is -0.304 e. The maximum Gasteiger partial charge on any atom is 0.211 e. The second-order valence-electron chi connectivity index (χ2n) is 6.17. The Hall–Kier alpha value is -0.170. The van der Waals surface area contributed by atoms with Gasteiger partial charge in [-0.15, -0.1) is 0 Å². The van der Waals surface area contributed by atoms with Crippen LogP contribution in [0.3, 0.4) is 0 Å². The average molecular weight is 305 g/mol. The minimum absolute atomic E-state index is 0.247. The summed E-state index contributed by atoms with van der Waals surface area (Å²) in [7, 11) is -0.975. The fourth-order valence-corrected chi connectivity index (χ4v) is 3.80. The molecular weight excluding hydrogens is 274 g/mol. The highest BCUT2D eigenvalue weighted by Crippen LogP contribution is 2.13. The van der Waals surface area contributed by atoms with Gasteiger partial charge in [0.05, 0.1) is 5.75 Å². The van der Waals surface area contributed by atoms with Crippen LogP contribution in [0.15, 0.2) is 0 Å². The Balaban J connectivity index is 2.51. The van der Waals surface area contributed by atoms with Crippen molar-refractivity contribution in [3.05, 3.63) is 0 Å². The molecule has 6 heteroatoms. The molecule has 0 spiro atoms. The largest absolute Gasteiger partial charge is 0.304 e. The lowest BCUT2D eigenvalue weighted by Crippen LogP contribution is -2.54. The van der Waals surface area contributed by atoms with Crippen LogP contribution < -0.4 is 4.72 Å². The number of nitrogens with zero attached hydrogens (tertiary/aromatic N) is 2. The van der Waals surface area contributed by atoms with Crippen molar-refractivity contribution in [2.75, 3.05) is 45.5 Å². The van der Waals surface area contributed by atoms with Crippen LogP contribution in [0.4, 0.5) is 0 Å². The summed E-state index contributed by atoms with van der Waals surface area (Å²) in [5.74, 6) is 0.698. The van der Waals surface area contributed by atoms with Crippen LogP contribution in [0.5, 0.6) is 0 Å². The van der Waals surface area contributed by atoms with E-state index in [1.165, 1.54) is 0 Å². The van der Waals surface area contributed by atoms with E-state index < -0.39 is 10.0 Å². The lowest BCUT2D eigenvalue weighted by molar-refractivity contribution is 0.0905. The van der Waals surface area contributed by atoms with Crippen molar-refractivity contribution in [1.29, 1.82) is 0 Å². The molecule has 5 nitrogen and oxygen atoms in total. The van der Waals surface area contributed by atoms with E-state index in [4.69, 9.17) is 0 Å². The zero-order valence-electron chi connectivity index (χ0n) is 13.4. The van der Waals surface area contributed by atoms with Gasteiger partial charge in [0, 0.05) is 38.8 Å². The van der Waals surface area contributed by atoms with Crippen LogP contribution in [-0.4, -0.2) is 69.8 Å². The highest BCUT2D eigenvalue weighted by molar-refractivity contribution is 7.89. The normalized spacial score (nSPS) is 20.4. The maximum atomic E-state index is 11.9. The van der Waals surface area contributed by atoms with Crippen LogP contribution in [0.1, 0.15) is 33.6 Å². The number of rotatable bonds is 8. The monoisotopic (exact) mass is 305 g/mol. The Morgan fingerprint density at radius 1 is 1.15 bits per heavy atom. The Morgan fingerprint density at radius 2 is 1.75 bits per heavy atom. The minimum atomic E-state index is -3.11. The van der Waals surface area contributed by atoms with E-state index in [1.807, 2.05) is 6.92 Å². The molecule has 0 aromatic rings. The first-order valence-electron chi connectivity index (χ1n) is 7.75. The highest BCUT2D eigenvalue weighted by atomic mass is 32.2. The van der Waals surface area contributed by atoms with Gasteiger partial charge in [0.15, 0.2) is 0 Å². The number of nitrogens with one attached hydrogen (secondary N) is 1. The summed E-state index contributed by atoms with van der Waals surface area (Å²) in [4.78, 5) is 4.74. The first kappa shape index (κ1) is 17.9. The van der Waals surface area contributed by atoms with Gasteiger partial charge < -0.3 is 4.90 Å². The first-order chi connectivity index (χ1) is 9.35. The Kier molecular flexibility index (Phi) is 7.43. The molecule has 0 aliphatic carbocycles. The van der Waals surface area contributed by atoms with Crippen LogP contribution in [-0.2, 0) is 10.0 Å². The van der Waals surface area contributed by atoms with Gasteiger partial charge >= 0.3 is 0 Å². The van der Waals surface area contributed by atoms with E-state index in [0.717, 1.165) is 39.0 Å². The number of unbranched alkanes of at least 4 members (excludes halogenated alkanes) is 1. The van der Waals surface area contributed by atoms with Crippen molar-refractivity contribution >= 4 is 10.0 Å². The van der Waals surface area contributed by atoms with Crippen LogP contribution in [0.2, 0.25) is 0 Å². The van der Waals surface area contributed by atoms with Crippen LogP contribution in [0.25, 0.3) is 0 Å². The topological polar surface area (TPSA) is 52.7 Å². The third-order valence-corrected chi connectivity index (χ3v) is 5.49. The van der Waals surface area contributed by atoms with E-state index in [2.05, 4.69) is 35.4 Å². The predicted octanol–water partition coefficient (Wildman–Crippen LogP) is 0.978. The van der Waals surface area contributed by atoms with Gasteiger partial charge in [0.25, 0.3) is 0 Å². The van der Waals surface area contributed by atoms with Crippen molar-refractivity contribution < 1.29 is 8.42 Å². The van der Waals surface area contributed by atoms with E-state index in [9.17, 15) is 8.42 Å². The van der Waals surface area contributed by atoms with E-state index in [0.29, 0.717) is 18.5 Å². The average Bonchev–Trinajstić information content (AvgIpc) is 2.38. The third-order valence-electron chi connectivity index (χ3n) is 4.06. The quantitative estimate of drug-likeness (QED) is 0.726. The molecule has 0 aromatic carbocycles. The van der Waals surface area contributed by atoms with Gasteiger partial charge in [-0.2, -0.15) is 0 Å². The molecule has 1 N–H and O–H groups in total. The van der Waals surface area contributed by atoms with E-state index >= 15 is 0 Å². The predicted molar refractivity (Wildman–Crippen MR) is 84.4 cm³/mol. The van der Waals surface area contributed by atoms with Crippen molar-refractivity contribution in [2.24, 2.45) is 5.92 Å². The number of likely N-dealkylation sites (N-methyl/N-ethyl adjacent to an activating group) is 1. The molecule has 1 unspecified atom stereocenters. The SMILES string of the molecule is CCCCS(=O)(=O)NCC(C(C)C)N1CCN(C)CC1. The molecule has 1 fully saturated rings. The molecule has 0 aromatic heterocycles. The summed E-state index contributed by atoms with van der Waals surface area (Å²) < 4.78 is 26.6. The summed E-state index contributed by atoms with van der Waals surface area (Å²) in [6.07, 6.45) is 1.64. The van der Waals surface area contributed by atoms with Crippen LogP contribution in [0, 0.1) is 5.92 Å². The van der Waals surface area contributed by atoms with E-state index in [-0.39, 0.29) is 5.75 Å². The van der Waals surface area contributed by atoms with Gasteiger partial charge in [-0.1, -0.05) is 27.2 Å². The van der Waals surface area contributed by atoms with Crippen molar-refractivity contribution in [3.8, 4) is 0 Å². The Morgan fingerprint density at radius 3 is 2.25 bits per heavy atom. The molecule has 0 saturated carbocycles. The number of sulfonamides is 1. The summed E-state index contributed by atoms with van der Waals surface area (Å²) in [6, 6.07) is 0.292. The molecule has 120 valence electrons. The molecule has 20 heavy (non-hydrogen) atoms. The molecule has 1 saturated heterocycles. The van der Waals surface area contributed by atoms with Gasteiger partial charge in [0.1, 0.15) is 0 Å². The van der Waals surface area contributed by atoms with Crippen LogP contribution >= 0.6 is 0 Å². The molecule has 0 amide bonds. The summed E-state index contributed by atoms with van der Waals surface area (Å²) in [5.41, 5.74) is 0. The zero-order chi connectivity index (χ0) is 15.2. The molecule has 0 bridgehead atoms. The van der Waals surface area contributed by atoms with Crippen molar-refractivity contribution in [2.45, 2.75) is 39.7 Å². The molecule has 1 rings (SSSR count). The van der Waals surface area contributed by atoms with E-state index in [1.54, 1.807) is 0 Å². The molecule has 0 radical (unpaired) electrons. The Labute approximate surface area is 124 Å². The van der Waals surface area contributed by atoms with Gasteiger partial charge in [-0.25, -0.2) is 13.1 Å². The summed E-state index contributed by atoms with van der Waals surface area (Å²) in [5, 5.41) is 0. The van der Waals surface area contributed by atoms with Gasteiger partial charge in [-0.3, -0.25) is 4.90 Å². The fraction of sp³-hybridized carbons (Fsp3) is 1.00. The molecule has 1 aliphatic heterocycles. The molecule has 1 heterocycles. The molecular formula is C14H31N3O2S. The lowest BCUT2D eigenvalue weighted by Gasteiger charge is -2.39. The maximum absolute atomic E-state index is 11.9. The number of piperazine rings is 1. The first-order valence-corrected chi connectivity index (χ1v) is 9.41. The molecule has 1 aliphatic rings. The lowest BCUT2D eigenvalue weighted by atomic mass is 10.0. The summed E-state index contributed by atoms with van der Waals surface area (Å²) in [6.45, 7) is 11.1. The zero-order valence-corrected chi connectivity index (χ0v) is 14.2. The summed E-state index contributed by atoms with van der Waals surface area (Å²) >= 11 is 0. The number of hydrogen-bond donors (Lipinski definition) is 1. The van der Waals surface area contributed by atoms with Crippen molar-refractivity contribution in [3.63, 3.8) is 0 Å². The van der Waals surface area contributed by atoms with Crippen molar-refractivity contribution in [1.82, 2.24) is 14.5 Å². The van der Waals surface area contributed by atoms with Gasteiger partial charge in [0.2, 0.25) is 10.0 Å². The second-order valence-corrected chi connectivity index (χ2v) is 8.10. The van der Waals surface area contributed by atoms with Gasteiger partial charge in [-0.05, 0) is 19.4 Å². The third kappa shape index (κ3) is 6.08. The smallest absolute Gasteiger partial charge is 0.211 e. The highest BCUT2D eigenvalue weighted by Gasteiger charge is 2.26.